The minimum absolute atomic E-state index is 0.335. The SMILES string of the molecule is Cc1ccc(COc2c(Cl)cc(/C=C3\C(=O)ON=C3c3ccccc3)cc2Cl)cc1. The van der Waals surface area contributed by atoms with Crippen LogP contribution in [0.3, 0.4) is 0 Å². The van der Waals surface area contributed by atoms with Crippen molar-refractivity contribution >= 4 is 41.0 Å². The molecule has 0 aromatic heterocycles. The number of oxime groups is 1. The highest BCUT2D eigenvalue weighted by molar-refractivity contribution is 6.37. The van der Waals surface area contributed by atoms with E-state index in [1.54, 1.807) is 18.2 Å². The topological polar surface area (TPSA) is 47.9 Å². The Labute approximate surface area is 184 Å². The van der Waals surface area contributed by atoms with E-state index in [0.29, 0.717) is 39.2 Å². The lowest BCUT2D eigenvalue weighted by Gasteiger charge is -2.11. The lowest BCUT2D eigenvalue weighted by molar-refractivity contribution is -0.136. The van der Waals surface area contributed by atoms with Crippen LogP contribution in [0.2, 0.25) is 10.0 Å². The molecule has 1 aliphatic rings. The molecule has 0 saturated heterocycles. The zero-order valence-corrected chi connectivity index (χ0v) is 17.6. The van der Waals surface area contributed by atoms with Gasteiger partial charge < -0.3 is 9.57 Å². The van der Waals surface area contributed by atoms with Crippen molar-refractivity contribution in [3.05, 3.63) is 105 Å². The van der Waals surface area contributed by atoms with Crippen LogP contribution >= 0.6 is 23.2 Å². The monoisotopic (exact) mass is 437 g/mol. The first-order valence-electron chi connectivity index (χ1n) is 9.25. The highest BCUT2D eigenvalue weighted by Crippen LogP contribution is 2.36. The second-order valence-electron chi connectivity index (χ2n) is 6.83. The molecule has 0 fully saturated rings. The molecule has 0 N–H and O–H groups in total. The van der Waals surface area contributed by atoms with E-state index in [1.165, 1.54) is 5.56 Å². The van der Waals surface area contributed by atoms with Crippen molar-refractivity contribution in [1.29, 1.82) is 0 Å². The molecular weight excluding hydrogens is 421 g/mol. The molecule has 30 heavy (non-hydrogen) atoms. The van der Waals surface area contributed by atoms with Gasteiger partial charge in [-0.05, 0) is 36.3 Å². The van der Waals surface area contributed by atoms with Crippen LogP contribution in [0.4, 0.5) is 0 Å². The van der Waals surface area contributed by atoms with E-state index in [4.69, 9.17) is 32.8 Å². The van der Waals surface area contributed by atoms with Gasteiger partial charge in [-0.3, -0.25) is 0 Å². The first-order chi connectivity index (χ1) is 14.5. The van der Waals surface area contributed by atoms with Crippen LogP contribution in [0, 0.1) is 6.92 Å². The fourth-order valence-electron chi connectivity index (χ4n) is 3.02. The Morgan fingerprint density at radius 3 is 2.33 bits per heavy atom. The smallest absolute Gasteiger partial charge is 0.368 e. The molecule has 0 amide bonds. The third-order valence-electron chi connectivity index (χ3n) is 4.58. The summed E-state index contributed by atoms with van der Waals surface area (Å²) in [6.45, 7) is 2.37. The Hall–Kier alpha value is -3.08. The van der Waals surface area contributed by atoms with Crippen LogP contribution in [0.25, 0.3) is 6.08 Å². The Bertz CT molecular complexity index is 1130. The van der Waals surface area contributed by atoms with Crippen LogP contribution in [-0.4, -0.2) is 11.7 Å². The molecule has 0 saturated carbocycles. The maximum absolute atomic E-state index is 12.2. The van der Waals surface area contributed by atoms with Gasteiger partial charge in [0.15, 0.2) is 5.75 Å². The van der Waals surface area contributed by atoms with Gasteiger partial charge in [-0.2, -0.15) is 0 Å². The average molecular weight is 438 g/mol. The van der Waals surface area contributed by atoms with Crippen molar-refractivity contribution < 1.29 is 14.4 Å². The summed E-state index contributed by atoms with van der Waals surface area (Å²) in [5.41, 5.74) is 4.41. The van der Waals surface area contributed by atoms with E-state index in [0.717, 1.165) is 11.1 Å². The Balaban J connectivity index is 1.58. The van der Waals surface area contributed by atoms with E-state index in [9.17, 15) is 4.79 Å². The Morgan fingerprint density at radius 2 is 1.67 bits per heavy atom. The number of halogens is 2. The van der Waals surface area contributed by atoms with Crippen LogP contribution in [-0.2, 0) is 16.2 Å². The first-order valence-corrected chi connectivity index (χ1v) is 10.0. The highest BCUT2D eigenvalue weighted by atomic mass is 35.5. The summed E-state index contributed by atoms with van der Waals surface area (Å²) in [5, 5.41) is 4.61. The number of hydrogen-bond donors (Lipinski definition) is 0. The third kappa shape index (κ3) is 4.40. The lowest BCUT2D eigenvalue weighted by Crippen LogP contribution is -2.06. The molecule has 0 atom stereocenters. The molecular formula is C24H17Cl2NO3. The fraction of sp³-hybridized carbons (Fsp3) is 0.0833. The van der Waals surface area contributed by atoms with E-state index < -0.39 is 5.97 Å². The van der Waals surface area contributed by atoms with Crippen LogP contribution in [0.1, 0.15) is 22.3 Å². The summed E-state index contributed by atoms with van der Waals surface area (Å²) < 4.78 is 5.83. The van der Waals surface area contributed by atoms with E-state index in [-0.39, 0.29) is 0 Å². The number of aryl methyl sites for hydroxylation is 1. The van der Waals surface area contributed by atoms with Crippen molar-refractivity contribution in [3.8, 4) is 5.75 Å². The average Bonchev–Trinajstić information content (AvgIpc) is 3.09. The molecule has 0 aliphatic carbocycles. The standard InChI is InChI=1S/C24H17Cl2NO3/c1-15-7-9-16(10-8-15)14-29-23-20(25)12-17(13-21(23)26)11-19-22(27-30-24(19)28)18-5-3-2-4-6-18/h2-13H,14H2,1H3/b19-11-. The van der Waals surface area contributed by atoms with Gasteiger partial charge >= 0.3 is 5.97 Å². The Morgan fingerprint density at radius 1 is 1.00 bits per heavy atom. The predicted octanol–water partition coefficient (Wildman–Crippen LogP) is 6.23. The molecule has 3 aromatic rings. The van der Waals surface area contributed by atoms with Gasteiger partial charge in [0.1, 0.15) is 12.3 Å². The molecule has 1 heterocycles. The van der Waals surface area contributed by atoms with Crippen molar-refractivity contribution in [2.24, 2.45) is 5.16 Å². The number of ether oxygens (including phenoxy) is 1. The molecule has 6 heteroatoms. The summed E-state index contributed by atoms with van der Waals surface area (Å²) in [5.74, 6) is -0.132. The number of hydrogen-bond acceptors (Lipinski definition) is 4. The van der Waals surface area contributed by atoms with Crippen molar-refractivity contribution in [2.45, 2.75) is 13.5 Å². The maximum Gasteiger partial charge on any atom is 0.368 e. The minimum atomic E-state index is -0.527. The molecule has 3 aromatic carbocycles. The number of carbonyl (C=O) groups is 1. The molecule has 0 bridgehead atoms. The highest BCUT2D eigenvalue weighted by Gasteiger charge is 2.26. The predicted molar refractivity (Wildman–Crippen MR) is 119 cm³/mol. The van der Waals surface area contributed by atoms with E-state index >= 15 is 0 Å². The summed E-state index contributed by atoms with van der Waals surface area (Å²) in [6, 6.07) is 20.7. The third-order valence-corrected chi connectivity index (χ3v) is 5.14. The molecule has 1 aliphatic heterocycles. The van der Waals surface area contributed by atoms with Gasteiger partial charge in [-0.1, -0.05) is 88.5 Å². The number of rotatable bonds is 5. The van der Waals surface area contributed by atoms with Gasteiger partial charge in [0.05, 0.1) is 15.6 Å². The van der Waals surface area contributed by atoms with Crippen LogP contribution in [0.15, 0.2) is 77.5 Å². The van der Waals surface area contributed by atoms with Gasteiger partial charge in [0.25, 0.3) is 0 Å². The van der Waals surface area contributed by atoms with Gasteiger partial charge in [-0.25, -0.2) is 4.79 Å². The maximum atomic E-state index is 12.2. The zero-order chi connectivity index (χ0) is 21.1. The summed E-state index contributed by atoms with van der Waals surface area (Å²) in [6.07, 6.45) is 1.66. The zero-order valence-electron chi connectivity index (χ0n) is 16.1. The molecule has 150 valence electrons. The Kier molecular flexibility index (Phi) is 5.88. The van der Waals surface area contributed by atoms with Crippen molar-refractivity contribution in [1.82, 2.24) is 0 Å². The van der Waals surface area contributed by atoms with Crippen molar-refractivity contribution in [3.63, 3.8) is 0 Å². The van der Waals surface area contributed by atoms with Crippen LogP contribution in [0.5, 0.6) is 5.75 Å². The van der Waals surface area contributed by atoms with E-state index in [1.807, 2.05) is 61.5 Å². The molecule has 4 nitrogen and oxygen atoms in total. The second kappa shape index (κ2) is 8.74. The molecule has 4 rings (SSSR count). The minimum Gasteiger partial charge on any atom is -0.486 e. The number of benzene rings is 3. The number of nitrogens with zero attached hydrogens (tertiary/aromatic N) is 1. The first kappa shape index (κ1) is 20.2. The summed E-state index contributed by atoms with van der Waals surface area (Å²) >= 11 is 12.8. The second-order valence-corrected chi connectivity index (χ2v) is 7.65. The van der Waals surface area contributed by atoms with Crippen LogP contribution < -0.4 is 4.74 Å². The summed E-state index contributed by atoms with van der Waals surface area (Å²) in [4.78, 5) is 17.1. The van der Waals surface area contributed by atoms with E-state index in [2.05, 4.69) is 5.16 Å². The summed E-state index contributed by atoms with van der Waals surface area (Å²) in [7, 11) is 0. The quantitative estimate of drug-likeness (QED) is 0.351. The molecule has 0 spiro atoms. The van der Waals surface area contributed by atoms with Gasteiger partial charge in [0.2, 0.25) is 0 Å². The van der Waals surface area contributed by atoms with Gasteiger partial charge in [-0.15, -0.1) is 0 Å². The number of carbonyl (C=O) groups excluding carboxylic acids is 1. The normalized spacial score (nSPS) is 14.6. The van der Waals surface area contributed by atoms with Crippen molar-refractivity contribution in [2.75, 3.05) is 0 Å². The molecule has 0 unspecified atom stereocenters. The largest absolute Gasteiger partial charge is 0.486 e. The lowest BCUT2D eigenvalue weighted by atomic mass is 10.0. The van der Waals surface area contributed by atoms with Gasteiger partial charge in [0, 0.05) is 5.56 Å². The fourth-order valence-corrected chi connectivity index (χ4v) is 3.63. The molecule has 0 radical (unpaired) electrons.